The van der Waals surface area contributed by atoms with Crippen molar-refractivity contribution < 1.29 is 19.0 Å². The van der Waals surface area contributed by atoms with Gasteiger partial charge < -0.3 is 9.84 Å². The number of hydrogen-bond donors (Lipinski definition) is 1. The number of likely N-dealkylation sites (tertiary alicyclic amines) is 1. The predicted octanol–water partition coefficient (Wildman–Crippen LogP) is 1.50. The quantitative estimate of drug-likeness (QED) is 0.843. The number of piperidine rings is 1. The molecule has 2 rings (SSSR count). The number of carbonyl (C=O) groups is 1. The van der Waals surface area contributed by atoms with Gasteiger partial charge in [0.25, 0.3) is 0 Å². The summed E-state index contributed by atoms with van der Waals surface area (Å²) in [7, 11) is 1.34. The summed E-state index contributed by atoms with van der Waals surface area (Å²) in [6.45, 7) is 1.25. The van der Waals surface area contributed by atoms with E-state index < -0.39 is 6.04 Å². The van der Waals surface area contributed by atoms with E-state index in [0.29, 0.717) is 31.5 Å². The summed E-state index contributed by atoms with van der Waals surface area (Å²) in [5.41, 5.74) is 0.713. The van der Waals surface area contributed by atoms with Crippen molar-refractivity contribution in [2.45, 2.75) is 25.0 Å². The van der Waals surface area contributed by atoms with Crippen LogP contribution in [0.4, 0.5) is 4.39 Å². The molecule has 1 aliphatic rings. The molecule has 104 valence electrons. The Hall–Kier alpha value is -1.46. The van der Waals surface area contributed by atoms with Gasteiger partial charge in [-0.25, -0.2) is 9.18 Å². The van der Waals surface area contributed by atoms with Crippen molar-refractivity contribution >= 4 is 5.97 Å². The molecule has 1 aromatic carbocycles. The monoisotopic (exact) mass is 267 g/mol. The van der Waals surface area contributed by atoms with Crippen LogP contribution in [0.2, 0.25) is 0 Å². The zero-order chi connectivity index (χ0) is 13.8. The van der Waals surface area contributed by atoms with E-state index in [9.17, 15) is 14.3 Å². The van der Waals surface area contributed by atoms with Gasteiger partial charge in [-0.3, -0.25) is 4.90 Å². The molecule has 1 atom stereocenters. The lowest BCUT2D eigenvalue weighted by atomic mass is 10.0. The van der Waals surface area contributed by atoms with Crippen LogP contribution in [0, 0.1) is 5.82 Å². The van der Waals surface area contributed by atoms with Crippen LogP contribution < -0.4 is 0 Å². The second-order valence-corrected chi connectivity index (χ2v) is 4.74. The summed E-state index contributed by atoms with van der Waals surface area (Å²) in [6, 6.07) is 5.34. The van der Waals surface area contributed by atoms with Gasteiger partial charge in [-0.05, 0) is 30.5 Å². The minimum Gasteiger partial charge on any atom is -0.468 e. The Bertz CT molecular complexity index is 427. The number of aliphatic hydroxyl groups excluding tert-OH is 1. The van der Waals surface area contributed by atoms with Crippen LogP contribution in [0.15, 0.2) is 24.3 Å². The van der Waals surface area contributed by atoms with Crippen molar-refractivity contribution in [3.05, 3.63) is 35.6 Å². The van der Waals surface area contributed by atoms with E-state index in [1.54, 1.807) is 12.1 Å². The number of nitrogens with zero attached hydrogens (tertiary/aromatic N) is 1. The predicted molar refractivity (Wildman–Crippen MR) is 68.0 cm³/mol. The van der Waals surface area contributed by atoms with E-state index in [1.807, 2.05) is 4.90 Å². The Kier molecular flexibility index (Phi) is 4.50. The standard InChI is InChI=1S/C14H18FNO3/c1-19-14(18)13(10-2-4-11(15)5-3-10)16-8-6-12(17)7-9-16/h2-5,12-13,17H,6-9H2,1H3/t13-/m0/s1. The fraction of sp³-hybridized carbons (Fsp3) is 0.500. The summed E-state index contributed by atoms with van der Waals surface area (Å²) >= 11 is 0. The number of methoxy groups -OCH3 is 1. The van der Waals surface area contributed by atoms with Gasteiger partial charge in [0, 0.05) is 13.1 Å². The van der Waals surface area contributed by atoms with Crippen LogP contribution in [0.1, 0.15) is 24.4 Å². The summed E-state index contributed by atoms with van der Waals surface area (Å²) in [5, 5.41) is 9.52. The first-order valence-electron chi connectivity index (χ1n) is 6.37. The number of esters is 1. The van der Waals surface area contributed by atoms with Crippen LogP contribution in [0.25, 0.3) is 0 Å². The van der Waals surface area contributed by atoms with Gasteiger partial charge in [0.15, 0.2) is 0 Å². The molecule has 4 nitrogen and oxygen atoms in total. The normalized spacial score (nSPS) is 19.1. The molecule has 0 bridgehead atoms. The number of ether oxygens (including phenoxy) is 1. The molecule has 0 spiro atoms. The van der Waals surface area contributed by atoms with Crippen molar-refractivity contribution in [1.29, 1.82) is 0 Å². The van der Waals surface area contributed by atoms with Gasteiger partial charge in [-0.2, -0.15) is 0 Å². The minimum atomic E-state index is -0.530. The summed E-state index contributed by atoms with van der Waals surface area (Å²) in [6.07, 6.45) is 0.964. The number of hydrogen-bond acceptors (Lipinski definition) is 4. The average molecular weight is 267 g/mol. The zero-order valence-electron chi connectivity index (χ0n) is 10.9. The van der Waals surface area contributed by atoms with E-state index in [0.717, 1.165) is 0 Å². The third-order valence-corrected chi connectivity index (χ3v) is 3.47. The van der Waals surface area contributed by atoms with Crippen molar-refractivity contribution in [2.75, 3.05) is 20.2 Å². The fourth-order valence-electron chi connectivity index (χ4n) is 2.40. The van der Waals surface area contributed by atoms with Gasteiger partial charge >= 0.3 is 5.97 Å². The maximum absolute atomic E-state index is 13.0. The maximum atomic E-state index is 13.0. The van der Waals surface area contributed by atoms with E-state index in [1.165, 1.54) is 19.2 Å². The highest BCUT2D eigenvalue weighted by Gasteiger charge is 2.31. The highest BCUT2D eigenvalue weighted by molar-refractivity contribution is 5.77. The lowest BCUT2D eigenvalue weighted by molar-refractivity contribution is -0.148. The van der Waals surface area contributed by atoms with Gasteiger partial charge in [0.05, 0.1) is 13.2 Å². The van der Waals surface area contributed by atoms with Gasteiger partial charge in [0.2, 0.25) is 0 Å². The third kappa shape index (κ3) is 3.30. The molecule has 1 N–H and O–H groups in total. The molecule has 0 aliphatic carbocycles. The first-order valence-corrected chi connectivity index (χ1v) is 6.37. The first kappa shape index (κ1) is 14.0. The molecule has 1 aromatic rings. The number of benzene rings is 1. The van der Waals surface area contributed by atoms with Crippen molar-refractivity contribution in [1.82, 2.24) is 4.90 Å². The lowest BCUT2D eigenvalue weighted by Gasteiger charge is -2.34. The Balaban J connectivity index is 2.21. The molecule has 1 saturated heterocycles. The third-order valence-electron chi connectivity index (χ3n) is 3.47. The minimum absolute atomic E-state index is 0.303. The second-order valence-electron chi connectivity index (χ2n) is 4.74. The molecule has 0 aromatic heterocycles. The maximum Gasteiger partial charge on any atom is 0.327 e. The fourth-order valence-corrected chi connectivity index (χ4v) is 2.40. The van der Waals surface area contributed by atoms with Crippen LogP contribution in [0.3, 0.4) is 0 Å². The Morgan fingerprint density at radius 1 is 1.37 bits per heavy atom. The molecule has 1 aliphatic heterocycles. The molecular formula is C14H18FNO3. The Morgan fingerprint density at radius 3 is 2.47 bits per heavy atom. The number of rotatable bonds is 3. The molecule has 0 saturated carbocycles. The molecule has 5 heteroatoms. The molecule has 1 heterocycles. The van der Waals surface area contributed by atoms with Gasteiger partial charge in [-0.15, -0.1) is 0 Å². The van der Waals surface area contributed by atoms with Crippen molar-refractivity contribution in [2.24, 2.45) is 0 Å². The topological polar surface area (TPSA) is 49.8 Å². The summed E-state index contributed by atoms with van der Waals surface area (Å²) in [4.78, 5) is 13.9. The van der Waals surface area contributed by atoms with Crippen molar-refractivity contribution in [3.8, 4) is 0 Å². The summed E-state index contributed by atoms with van der Waals surface area (Å²) < 4.78 is 17.8. The molecule has 1 fully saturated rings. The van der Waals surface area contributed by atoms with Crippen molar-refractivity contribution in [3.63, 3.8) is 0 Å². The van der Waals surface area contributed by atoms with Crippen LogP contribution in [0.5, 0.6) is 0 Å². The Morgan fingerprint density at radius 2 is 1.95 bits per heavy atom. The highest BCUT2D eigenvalue weighted by atomic mass is 19.1. The van der Waals surface area contributed by atoms with Gasteiger partial charge in [0.1, 0.15) is 11.9 Å². The van der Waals surface area contributed by atoms with E-state index in [4.69, 9.17) is 4.74 Å². The smallest absolute Gasteiger partial charge is 0.327 e. The van der Waals surface area contributed by atoms with E-state index >= 15 is 0 Å². The molecular weight excluding hydrogens is 249 g/mol. The molecule has 0 unspecified atom stereocenters. The van der Waals surface area contributed by atoms with E-state index in [2.05, 4.69) is 0 Å². The molecule has 0 amide bonds. The molecule has 19 heavy (non-hydrogen) atoms. The van der Waals surface area contributed by atoms with Crippen LogP contribution in [-0.4, -0.2) is 42.3 Å². The largest absolute Gasteiger partial charge is 0.468 e. The van der Waals surface area contributed by atoms with Gasteiger partial charge in [-0.1, -0.05) is 12.1 Å². The van der Waals surface area contributed by atoms with Crippen LogP contribution in [-0.2, 0) is 9.53 Å². The summed E-state index contributed by atoms with van der Waals surface area (Å²) in [5.74, 6) is -0.690. The number of halogens is 1. The average Bonchev–Trinajstić information content (AvgIpc) is 2.43. The zero-order valence-corrected chi connectivity index (χ0v) is 10.9. The number of aliphatic hydroxyl groups is 1. The van der Waals surface area contributed by atoms with E-state index in [-0.39, 0.29) is 17.9 Å². The SMILES string of the molecule is COC(=O)[C@H](c1ccc(F)cc1)N1CCC(O)CC1. The number of carbonyl (C=O) groups excluding carboxylic acids is 1. The molecule has 0 radical (unpaired) electrons. The lowest BCUT2D eigenvalue weighted by Crippen LogP contribution is -2.41. The first-order chi connectivity index (χ1) is 9.11. The highest BCUT2D eigenvalue weighted by Crippen LogP contribution is 2.26. The second kappa shape index (κ2) is 6.12. The van der Waals surface area contributed by atoms with Crippen LogP contribution >= 0.6 is 0 Å². The Labute approximate surface area is 111 Å².